The third-order valence-corrected chi connectivity index (χ3v) is 4.77. The fourth-order valence-corrected chi connectivity index (χ4v) is 3.13. The van der Waals surface area contributed by atoms with Crippen molar-refractivity contribution in [2.75, 3.05) is 18.8 Å². The molecule has 9 heteroatoms. The summed E-state index contributed by atoms with van der Waals surface area (Å²) in [5.41, 5.74) is 1.71. The molecule has 152 valence electrons. The number of halogens is 1. The molecule has 0 spiro atoms. The maximum absolute atomic E-state index is 14.3. The molecule has 7 nitrogen and oxygen atoms in total. The molecular formula is C20H20FN3O4S. The van der Waals surface area contributed by atoms with Gasteiger partial charge in [-0.3, -0.25) is 5.14 Å². The Morgan fingerprint density at radius 1 is 1.28 bits per heavy atom. The minimum Gasteiger partial charge on any atom is -0.422 e. The number of rotatable bonds is 5. The van der Waals surface area contributed by atoms with Gasteiger partial charge in [-0.15, -0.1) is 0 Å². The van der Waals surface area contributed by atoms with E-state index >= 15 is 0 Å². The number of benzene rings is 2. The number of carbonyl (C=O) groups is 1. The lowest BCUT2D eigenvalue weighted by molar-refractivity contribution is 0.172. The highest BCUT2D eigenvalue weighted by molar-refractivity contribution is 7.98. The Hall–Kier alpha value is -3.04. The van der Waals surface area contributed by atoms with Crippen molar-refractivity contribution in [2.24, 2.45) is 5.14 Å². The third kappa shape index (κ3) is 4.52. The van der Waals surface area contributed by atoms with E-state index in [-0.39, 0.29) is 17.8 Å². The van der Waals surface area contributed by atoms with Crippen LogP contribution in [0.4, 0.5) is 14.9 Å². The predicted molar refractivity (Wildman–Crippen MR) is 112 cm³/mol. The summed E-state index contributed by atoms with van der Waals surface area (Å²) in [6.45, 7) is 1.77. The van der Waals surface area contributed by atoms with Crippen molar-refractivity contribution in [1.29, 1.82) is 0 Å². The standard InChI is InChI=1S/C20H20FN3O4S/c1-11-15-6-5-14(27-20(26)24(2)3)10-18(15)28-19(25)16(11)9-12-8-13(23-29-22)4-7-17(12)21/h4-8,10,23H,9,22H2,1-3H3. The summed E-state index contributed by atoms with van der Waals surface area (Å²) >= 11 is 0.899. The second-order valence-corrected chi connectivity index (χ2v) is 7.06. The fraction of sp³-hybridized carbons (Fsp3) is 0.200. The molecule has 0 bridgehead atoms. The van der Waals surface area contributed by atoms with Crippen molar-refractivity contribution in [3.05, 3.63) is 69.3 Å². The summed E-state index contributed by atoms with van der Waals surface area (Å²) in [7, 11) is 3.13. The Labute approximate surface area is 170 Å². The molecule has 1 amide bonds. The van der Waals surface area contributed by atoms with Gasteiger partial charge in [0.2, 0.25) is 0 Å². The maximum atomic E-state index is 14.3. The van der Waals surface area contributed by atoms with Gasteiger partial charge in [0.05, 0.1) is 0 Å². The zero-order valence-corrected chi connectivity index (χ0v) is 16.9. The number of nitrogens with two attached hydrogens (primary N) is 1. The summed E-state index contributed by atoms with van der Waals surface area (Å²) < 4.78 is 27.7. The highest BCUT2D eigenvalue weighted by Gasteiger charge is 2.16. The minimum absolute atomic E-state index is 0.0675. The van der Waals surface area contributed by atoms with Crippen LogP contribution in [-0.4, -0.2) is 25.1 Å². The molecule has 1 aromatic heterocycles. The van der Waals surface area contributed by atoms with Gasteiger partial charge in [-0.1, -0.05) is 0 Å². The molecule has 0 saturated carbocycles. The smallest absolute Gasteiger partial charge is 0.414 e. The van der Waals surface area contributed by atoms with E-state index in [1.54, 1.807) is 45.3 Å². The molecule has 2 aromatic carbocycles. The summed E-state index contributed by atoms with van der Waals surface area (Å²) in [4.78, 5) is 25.6. The molecule has 0 unspecified atom stereocenters. The molecule has 0 radical (unpaired) electrons. The normalized spacial score (nSPS) is 10.8. The molecule has 3 rings (SSSR count). The second kappa shape index (κ2) is 8.54. The average Bonchev–Trinajstić information content (AvgIpc) is 2.67. The number of nitrogens with zero attached hydrogens (tertiary/aromatic N) is 1. The highest BCUT2D eigenvalue weighted by Crippen LogP contribution is 2.26. The molecule has 3 N–H and O–H groups in total. The summed E-state index contributed by atoms with van der Waals surface area (Å²) in [5, 5.41) is 6.06. The van der Waals surface area contributed by atoms with E-state index in [1.807, 2.05) is 0 Å². The molecule has 0 aliphatic carbocycles. The molecule has 0 saturated heterocycles. The van der Waals surface area contributed by atoms with Crippen LogP contribution in [0.2, 0.25) is 0 Å². The molecule has 0 aliphatic rings. The van der Waals surface area contributed by atoms with Crippen LogP contribution in [0.3, 0.4) is 0 Å². The molecule has 1 heterocycles. The fourth-order valence-electron chi connectivity index (χ4n) is 2.87. The van der Waals surface area contributed by atoms with Gasteiger partial charge >= 0.3 is 11.7 Å². The number of hydrogen-bond donors (Lipinski definition) is 2. The van der Waals surface area contributed by atoms with Gasteiger partial charge in [0.1, 0.15) is 17.1 Å². The zero-order valence-electron chi connectivity index (χ0n) is 16.1. The summed E-state index contributed by atoms with van der Waals surface area (Å²) in [6.07, 6.45) is -0.474. The summed E-state index contributed by atoms with van der Waals surface area (Å²) in [5.74, 6) is -0.169. The molecule has 0 atom stereocenters. The lowest BCUT2D eigenvalue weighted by Gasteiger charge is -2.12. The molecule has 3 aromatic rings. The predicted octanol–water partition coefficient (Wildman–Crippen LogP) is 3.83. The van der Waals surface area contributed by atoms with Crippen LogP contribution >= 0.6 is 12.1 Å². The van der Waals surface area contributed by atoms with E-state index < -0.39 is 17.5 Å². The number of aryl methyl sites for hydroxylation is 1. The van der Waals surface area contributed by atoms with E-state index in [1.165, 1.54) is 17.0 Å². The topological polar surface area (TPSA) is 97.8 Å². The van der Waals surface area contributed by atoms with Crippen LogP contribution in [0.5, 0.6) is 5.75 Å². The number of anilines is 1. The van der Waals surface area contributed by atoms with E-state index in [9.17, 15) is 14.0 Å². The Morgan fingerprint density at radius 3 is 2.72 bits per heavy atom. The zero-order chi connectivity index (χ0) is 21.1. The SMILES string of the molecule is Cc1c(Cc2cc(NSN)ccc2F)c(=O)oc2cc(OC(=O)N(C)C)ccc12. The van der Waals surface area contributed by atoms with Gasteiger partial charge in [-0.2, -0.15) is 0 Å². The number of carbonyl (C=O) groups excluding carboxylic acids is 1. The maximum Gasteiger partial charge on any atom is 0.414 e. The first-order chi connectivity index (χ1) is 13.8. The van der Waals surface area contributed by atoms with Crippen LogP contribution < -0.4 is 20.2 Å². The van der Waals surface area contributed by atoms with Crippen LogP contribution in [0.25, 0.3) is 11.0 Å². The van der Waals surface area contributed by atoms with E-state index in [4.69, 9.17) is 14.3 Å². The van der Waals surface area contributed by atoms with Crippen LogP contribution in [0.1, 0.15) is 16.7 Å². The monoisotopic (exact) mass is 417 g/mol. The van der Waals surface area contributed by atoms with Crippen LogP contribution in [0, 0.1) is 12.7 Å². The van der Waals surface area contributed by atoms with E-state index in [2.05, 4.69) is 4.72 Å². The third-order valence-electron chi connectivity index (χ3n) is 4.42. The Bertz CT molecular complexity index is 1130. The summed E-state index contributed by atoms with van der Waals surface area (Å²) in [6, 6.07) is 9.28. The lowest BCUT2D eigenvalue weighted by atomic mass is 9.99. The number of amides is 1. The lowest BCUT2D eigenvalue weighted by Crippen LogP contribution is -2.25. The quantitative estimate of drug-likeness (QED) is 0.481. The molecule has 0 aliphatic heterocycles. The molecular weight excluding hydrogens is 397 g/mol. The largest absolute Gasteiger partial charge is 0.422 e. The van der Waals surface area contributed by atoms with Gasteiger partial charge in [0, 0.05) is 55.4 Å². The van der Waals surface area contributed by atoms with Crippen molar-refractivity contribution in [1.82, 2.24) is 4.90 Å². The Morgan fingerprint density at radius 2 is 2.03 bits per heavy atom. The van der Waals surface area contributed by atoms with E-state index in [0.29, 0.717) is 27.8 Å². The van der Waals surface area contributed by atoms with E-state index in [0.717, 1.165) is 12.1 Å². The second-order valence-electron chi connectivity index (χ2n) is 6.62. The van der Waals surface area contributed by atoms with Gasteiger partial charge in [-0.05, 0) is 48.4 Å². The first-order valence-electron chi connectivity index (χ1n) is 8.65. The Balaban J connectivity index is 1.99. The number of fused-ring (bicyclic) bond motifs is 1. The van der Waals surface area contributed by atoms with Crippen molar-refractivity contribution in [3.63, 3.8) is 0 Å². The van der Waals surface area contributed by atoms with Gasteiger partial charge < -0.3 is 18.8 Å². The van der Waals surface area contributed by atoms with Gasteiger partial charge in [0.15, 0.2) is 0 Å². The van der Waals surface area contributed by atoms with Gasteiger partial charge in [-0.25, -0.2) is 14.0 Å². The Kier molecular flexibility index (Phi) is 6.09. The number of nitrogens with one attached hydrogen (secondary N) is 1. The average molecular weight is 417 g/mol. The van der Waals surface area contributed by atoms with Crippen molar-refractivity contribution < 1.29 is 18.3 Å². The first kappa shape index (κ1) is 20.7. The van der Waals surface area contributed by atoms with Crippen molar-refractivity contribution >= 4 is 34.9 Å². The molecule has 0 fully saturated rings. The van der Waals surface area contributed by atoms with Crippen molar-refractivity contribution in [3.8, 4) is 5.75 Å². The first-order valence-corrected chi connectivity index (χ1v) is 9.53. The van der Waals surface area contributed by atoms with Crippen molar-refractivity contribution in [2.45, 2.75) is 13.3 Å². The highest BCUT2D eigenvalue weighted by atomic mass is 32.2. The van der Waals surface area contributed by atoms with Crippen LogP contribution in [0.15, 0.2) is 45.6 Å². The molecule has 29 heavy (non-hydrogen) atoms. The van der Waals surface area contributed by atoms with Crippen LogP contribution in [-0.2, 0) is 6.42 Å². The van der Waals surface area contributed by atoms with Gasteiger partial charge in [0.25, 0.3) is 0 Å². The number of ether oxygens (including phenoxy) is 1. The number of hydrogen-bond acceptors (Lipinski definition) is 7. The minimum atomic E-state index is -0.572.